The van der Waals surface area contributed by atoms with E-state index in [1.54, 1.807) is 20.3 Å². The molecule has 33 heavy (non-hydrogen) atoms. The summed E-state index contributed by atoms with van der Waals surface area (Å²) >= 11 is 1.44. The smallest absolute Gasteiger partial charge is 0.260 e. The van der Waals surface area contributed by atoms with Crippen LogP contribution in [0.1, 0.15) is 26.5 Å². The summed E-state index contributed by atoms with van der Waals surface area (Å²) in [4.78, 5) is 32.3. The lowest BCUT2D eigenvalue weighted by molar-refractivity contribution is -0.122. The summed E-state index contributed by atoms with van der Waals surface area (Å²) in [6, 6.07) is 7.35. The third kappa shape index (κ3) is 5.71. The SMILES string of the molecule is COc1ccc(CCNC(=O)CN2CCc3nc(NC(=O)c4ccoc4)sc3C2)cc1OC. The third-order valence-electron chi connectivity index (χ3n) is 5.37. The molecule has 9 nitrogen and oxygen atoms in total. The number of ether oxygens (including phenoxy) is 2. The van der Waals surface area contributed by atoms with Gasteiger partial charge < -0.3 is 19.2 Å². The number of amides is 2. The number of fused-ring (bicyclic) bond motifs is 1. The molecule has 174 valence electrons. The van der Waals surface area contributed by atoms with Crippen molar-refractivity contribution in [2.24, 2.45) is 0 Å². The van der Waals surface area contributed by atoms with Gasteiger partial charge in [0.2, 0.25) is 5.91 Å². The Labute approximate surface area is 195 Å². The zero-order chi connectivity index (χ0) is 23.2. The molecular weight excluding hydrogens is 444 g/mol. The summed E-state index contributed by atoms with van der Waals surface area (Å²) < 4.78 is 15.5. The molecule has 3 aromatic rings. The van der Waals surface area contributed by atoms with Crippen LogP contribution < -0.4 is 20.1 Å². The van der Waals surface area contributed by atoms with Crippen LogP contribution in [0.25, 0.3) is 0 Å². The van der Waals surface area contributed by atoms with Crippen LogP contribution in [0.3, 0.4) is 0 Å². The molecule has 0 atom stereocenters. The summed E-state index contributed by atoms with van der Waals surface area (Å²) in [6.07, 6.45) is 4.30. The number of aromatic nitrogens is 1. The Morgan fingerprint density at radius 2 is 2.06 bits per heavy atom. The van der Waals surface area contributed by atoms with Crippen molar-refractivity contribution in [2.75, 3.05) is 39.2 Å². The molecule has 2 N–H and O–H groups in total. The van der Waals surface area contributed by atoms with Crippen LogP contribution in [-0.2, 0) is 24.2 Å². The molecule has 2 aromatic heterocycles. The highest BCUT2D eigenvalue weighted by molar-refractivity contribution is 7.15. The summed E-state index contributed by atoms with van der Waals surface area (Å²) in [5.41, 5.74) is 2.49. The van der Waals surface area contributed by atoms with Gasteiger partial charge in [0.15, 0.2) is 16.6 Å². The minimum absolute atomic E-state index is 0.0167. The van der Waals surface area contributed by atoms with Crippen molar-refractivity contribution < 1.29 is 23.5 Å². The van der Waals surface area contributed by atoms with E-state index in [1.807, 2.05) is 18.2 Å². The van der Waals surface area contributed by atoms with Gasteiger partial charge in [-0.2, -0.15) is 0 Å². The molecule has 0 saturated heterocycles. The highest BCUT2D eigenvalue weighted by Crippen LogP contribution is 2.29. The Bertz CT molecular complexity index is 1110. The normalized spacial score (nSPS) is 13.3. The topological polar surface area (TPSA) is 106 Å². The van der Waals surface area contributed by atoms with Crippen molar-refractivity contribution in [1.29, 1.82) is 0 Å². The zero-order valence-corrected chi connectivity index (χ0v) is 19.4. The maximum Gasteiger partial charge on any atom is 0.260 e. The largest absolute Gasteiger partial charge is 0.493 e. The maximum absolute atomic E-state index is 12.4. The Kier molecular flexibility index (Phi) is 7.26. The van der Waals surface area contributed by atoms with E-state index >= 15 is 0 Å². The fourth-order valence-corrected chi connectivity index (χ4v) is 4.69. The van der Waals surface area contributed by atoms with Gasteiger partial charge in [-0.3, -0.25) is 19.8 Å². The predicted octanol–water partition coefficient (Wildman–Crippen LogP) is 2.72. The summed E-state index contributed by atoms with van der Waals surface area (Å²) in [7, 11) is 3.21. The van der Waals surface area contributed by atoms with Crippen LogP contribution >= 0.6 is 11.3 Å². The minimum atomic E-state index is -0.249. The lowest BCUT2D eigenvalue weighted by Gasteiger charge is -2.25. The van der Waals surface area contributed by atoms with Gasteiger partial charge in [0, 0.05) is 30.9 Å². The average Bonchev–Trinajstić information content (AvgIpc) is 3.48. The molecule has 0 saturated carbocycles. The number of carbonyl (C=O) groups excluding carboxylic acids is 2. The fourth-order valence-electron chi connectivity index (χ4n) is 3.64. The predicted molar refractivity (Wildman–Crippen MR) is 124 cm³/mol. The van der Waals surface area contributed by atoms with E-state index in [2.05, 4.69) is 20.5 Å². The zero-order valence-electron chi connectivity index (χ0n) is 18.6. The Hall–Kier alpha value is -3.37. The summed E-state index contributed by atoms with van der Waals surface area (Å²) in [5, 5.41) is 6.36. The van der Waals surface area contributed by atoms with Gasteiger partial charge in [0.05, 0.1) is 38.3 Å². The van der Waals surface area contributed by atoms with Crippen LogP contribution in [0.2, 0.25) is 0 Å². The van der Waals surface area contributed by atoms with E-state index in [0.29, 0.717) is 48.2 Å². The molecule has 1 aliphatic heterocycles. The van der Waals surface area contributed by atoms with Gasteiger partial charge in [0.1, 0.15) is 6.26 Å². The quantitative estimate of drug-likeness (QED) is 0.495. The molecule has 2 amide bonds. The second-order valence-corrected chi connectivity index (χ2v) is 8.69. The molecule has 0 bridgehead atoms. The minimum Gasteiger partial charge on any atom is -0.493 e. The highest BCUT2D eigenvalue weighted by atomic mass is 32.1. The molecule has 0 fully saturated rings. The average molecular weight is 471 g/mol. The van der Waals surface area contributed by atoms with Crippen molar-refractivity contribution in [3.05, 3.63) is 58.5 Å². The summed E-state index contributed by atoms with van der Waals surface area (Å²) in [6.45, 7) is 2.24. The molecular formula is C23H26N4O5S. The van der Waals surface area contributed by atoms with Gasteiger partial charge in [0.25, 0.3) is 5.91 Å². The Balaban J connectivity index is 1.24. The van der Waals surface area contributed by atoms with Gasteiger partial charge in [-0.05, 0) is 30.2 Å². The lowest BCUT2D eigenvalue weighted by Crippen LogP contribution is -2.40. The standard InChI is InChI=1S/C23H26N4O5S/c1-30-18-4-3-15(11-19(18)31-2)5-8-24-21(28)13-27-9-6-17-20(12-27)33-23(25-17)26-22(29)16-7-10-32-14-16/h3-4,7,10-11,14H,5-6,8-9,12-13H2,1-2H3,(H,24,28)(H,25,26,29). The molecule has 0 unspecified atom stereocenters. The number of hydrogen-bond acceptors (Lipinski definition) is 8. The second-order valence-electron chi connectivity index (χ2n) is 7.60. The first-order valence-corrected chi connectivity index (χ1v) is 11.4. The number of methoxy groups -OCH3 is 2. The Morgan fingerprint density at radius 1 is 1.21 bits per heavy atom. The van der Waals surface area contributed by atoms with Crippen LogP contribution in [0.15, 0.2) is 41.2 Å². The van der Waals surface area contributed by atoms with E-state index in [1.165, 1.54) is 23.9 Å². The molecule has 1 aromatic carbocycles. The van der Waals surface area contributed by atoms with Crippen molar-refractivity contribution >= 4 is 28.3 Å². The van der Waals surface area contributed by atoms with Crippen molar-refractivity contribution in [2.45, 2.75) is 19.4 Å². The molecule has 0 spiro atoms. The fraction of sp³-hybridized carbons (Fsp3) is 0.348. The number of hydrogen-bond donors (Lipinski definition) is 2. The maximum atomic E-state index is 12.4. The number of anilines is 1. The number of carbonyl (C=O) groups is 2. The highest BCUT2D eigenvalue weighted by Gasteiger charge is 2.23. The van der Waals surface area contributed by atoms with Gasteiger partial charge in [-0.25, -0.2) is 4.98 Å². The van der Waals surface area contributed by atoms with Gasteiger partial charge >= 0.3 is 0 Å². The first-order chi connectivity index (χ1) is 16.1. The van der Waals surface area contributed by atoms with Crippen LogP contribution in [-0.4, -0.2) is 55.6 Å². The van der Waals surface area contributed by atoms with Crippen LogP contribution in [0.4, 0.5) is 5.13 Å². The van der Waals surface area contributed by atoms with E-state index in [4.69, 9.17) is 13.9 Å². The van der Waals surface area contributed by atoms with E-state index in [-0.39, 0.29) is 11.8 Å². The first-order valence-electron chi connectivity index (χ1n) is 10.6. The molecule has 10 heteroatoms. The third-order valence-corrected chi connectivity index (χ3v) is 6.36. The Morgan fingerprint density at radius 3 is 2.82 bits per heavy atom. The molecule has 0 aliphatic carbocycles. The first kappa shape index (κ1) is 22.8. The number of rotatable bonds is 9. The van der Waals surface area contributed by atoms with Gasteiger partial charge in [-0.15, -0.1) is 11.3 Å². The lowest BCUT2D eigenvalue weighted by atomic mass is 10.1. The second kappa shape index (κ2) is 10.5. The van der Waals surface area contributed by atoms with Crippen LogP contribution in [0, 0.1) is 0 Å². The number of thiazole rings is 1. The van der Waals surface area contributed by atoms with Crippen molar-refractivity contribution in [1.82, 2.24) is 15.2 Å². The van der Waals surface area contributed by atoms with E-state index < -0.39 is 0 Å². The van der Waals surface area contributed by atoms with Crippen LogP contribution in [0.5, 0.6) is 11.5 Å². The number of furan rings is 1. The van der Waals surface area contributed by atoms with E-state index in [0.717, 1.165) is 29.1 Å². The molecule has 3 heterocycles. The number of nitrogens with one attached hydrogen (secondary N) is 2. The molecule has 4 rings (SSSR count). The number of benzene rings is 1. The van der Waals surface area contributed by atoms with Gasteiger partial charge in [-0.1, -0.05) is 6.07 Å². The van der Waals surface area contributed by atoms with Crippen molar-refractivity contribution in [3.8, 4) is 11.5 Å². The summed E-state index contributed by atoms with van der Waals surface area (Å²) in [5.74, 6) is 1.09. The molecule has 1 aliphatic rings. The van der Waals surface area contributed by atoms with Crippen molar-refractivity contribution in [3.63, 3.8) is 0 Å². The van der Waals surface area contributed by atoms with E-state index in [9.17, 15) is 9.59 Å². The number of nitrogens with zero attached hydrogens (tertiary/aromatic N) is 2. The monoisotopic (exact) mass is 470 g/mol. The molecule has 0 radical (unpaired) electrons.